The molecule has 1 aromatic carbocycles. The lowest BCUT2D eigenvalue weighted by Crippen LogP contribution is -2.43. The first kappa shape index (κ1) is 31.0. The van der Waals surface area contributed by atoms with Crippen molar-refractivity contribution in [3.8, 4) is 11.3 Å². The number of nitrogens with one attached hydrogen (secondary N) is 1. The molecular formula is C31H48FN3OS. The predicted octanol–water partition coefficient (Wildman–Crippen LogP) is 8.35. The second kappa shape index (κ2) is 13.6. The van der Waals surface area contributed by atoms with Crippen LogP contribution in [0.4, 0.5) is 9.52 Å². The maximum atomic E-state index is 11.0. The highest BCUT2D eigenvalue weighted by molar-refractivity contribution is 7.14. The highest BCUT2D eigenvalue weighted by Gasteiger charge is 2.37. The van der Waals surface area contributed by atoms with E-state index in [2.05, 4.69) is 74.6 Å². The second-order valence-electron chi connectivity index (χ2n) is 11.3. The third-order valence-electron chi connectivity index (χ3n) is 7.23. The number of rotatable bonds is 6. The van der Waals surface area contributed by atoms with Gasteiger partial charge < -0.3 is 15.3 Å². The maximum Gasteiger partial charge on any atom is 0.185 e. The van der Waals surface area contributed by atoms with Crippen molar-refractivity contribution in [2.45, 2.75) is 91.0 Å². The number of nitrogens with zero attached hydrogens (tertiary/aromatic N) is 2. The summed E-state index contributed by atoms with van der Waals surface area (Å²) in [5, 5.41) is 16.0. The first-order chi connectivity index (χ1) is 17.4. The molecule has 1 aliphatic carbocycles. The number of piperidine rings is 1. The number of thiazole rings is 1. The van der Waals surface area contributed by atoms with Gasteiger partial charge in [-0.3, -0.25) is 0 Å². The van der Waals surface area contributed by atoms with Crippen LogP contribution in [0.25, 0.3) is 11.3 Å². The molecule has 0 saturated carbocycles. The van der Waals surface area contributed by atoms with Crippen LogP contribution in [0.15, 0.2) is 48.1 Å². The van der Waals surface area contributed by atoms with E-state index in [9.17, 15) is 9.50 Å². The molecule has 37 heavy (non-hydrogen) atoms. The minimum Gasteiger partial charge on any atom is -0.512 e. The van der Waals surface area contributed by atoms with Crippen molar-refractivity contribution in [3.63, 3.8) is 0 Å². The monoisotopic (exact) mass is 529 g/mol. The smallest absolute Gasteiger partial charge is 0.185 e. The average molecular weight is 530 g/mol. The summed E-state index contributed by atoms with van der Waals surface area (Å²) in [6.07, 6.45) is 4.59. The molecule has 1 saturated heterocycles. The number of alkyl halides is 1. The quantitative estimate of drug-likeness (QED) is 0.292. The lowest BCUT2D eigenvalue weighted by Gasteiger charge is -2.42. The molecule has 0 atom stereocenters. The van der Waals surface area contributed by atoms with Crippen LogP contribution in [0, 0.1) is 0 Å². The minimum absolute atomic E-state index is 0.207. The summed E-state index contributed by atoms with van der Waals surface area (Å²) in [4.78, 5) is 7.40. The number of aromatic nitrogens is 1. The highest BCUT2D eigenvalue weighted by Crippen LogP contribution is 2.47. The Kier molecular flexibility index (Phi) is 11.4. The van der Waals surface area contributed by atoms with E-state index in [1.807, 2.05) is 13.8 Å². The molecule has 6 heteroatoms. The standard InChI is InChI=1S/C25H35N3OS.C4H7F.C2H6/c1-17(29)15-26-19-8-12-28(13-9-19)23-27-22(16-30-23)18-6-7-20-21(14-18)25(4,5)11-10-24(20,2)3;1-4(2)3-5;1-2/h6-7,14,16,19,26,29H,1,8-13,15H2,2-5H3;1,3H2,2H3;1-2H3. The van der Waals surface area contributed by atoms with Gasteiger partial charge in [-0.1, -0.05) is 66.8 Å². The molecule has 4 rings (SSSR count). The van der Waals surface area contributed by atoms with E-state index in [0.717, 1.165) is 36.8 Å². The SMILES string of the molecule is C=C(C)CF.C=C(O)CNC1CCN(c2nc(-c3ccc4c(c3)C(C)(C)CCC4(C)C)cs2)CC1.CC. The highest BCUT2D eigenvalue weighted by atomic mass is 32.1. The molecule has 2 aromatic rings. The summed E-state index contributed by atoms with van der Waals surface area (Å²) in [6, 6.07) is 7.44. The van der Waals surface area contributed by atoms with Gasteiger partial charge in [0, 0.05) is 30.1 Å². The van der Waals surface area contributed by atoms with E-state index in [4.69, 9.17) is 4.98 Å². The van der Waals surface area contributed by atoms with Crippen molar-refractivity contribution < 1.29 is 9.50 Å². The number of halogens is 1. The van der Waals surface area contributed by atoms with Crippen molar-refractivity contribution in [2.75, 3.05) is 31.2 Å². The van der Waals surface area contributed by atoms with Crippen LogP contribution in [0.5, 0.6) is 0 Å². The molecule has 2 heterocycles. The van der Waals surface area contributed by atoms with Gasteiger partial charge in [-0.05, 0) is 66.2 Å². The molecule has 206 valence electrons. The van der Waals surface area contributed by atoms with Gasteiger partial charge in [0.05, 0.1) is 18.0 Å². The molecule has 0 unspecified atom stereocenters. The summed E-state index contributed by atoms with van der Waals surface area (Å²) in [7, 11) is 0. The maximum absolute atomic E-state index is 11.0. The van der Waals surface area contributed by atoms with Gasteiger partial charge in [-0.25, -0.2) is 9.37 Å². The Labute approximate surface area is 228 Å². The average Bonchev–Trinajstić information content (AvgIpc) is 3.38. The molecule has 0 spiro atoms. The molecule has 1 fully saturated rings. The third-order valence-corrected chi connectivity index (χ3v) is 8.13. The molecule has 4 nitrogen and oxygen atoms in total. The summed E-state index contributed by atoms with van der Waals surface area (Å²) in [5.41, 5.74) is 6.37. The molecule has 0 bridgehead atoms. The fourth-order valence-electron chi connectivity index (χ4n) is 4.83. The molecular weight excluding hydrogens is 481 g/mol. The topological polar surface area (TPSA) is 48.4 Å². The first-order valence-corrected chi connectivity index (χ1v) is 14.5. The zero-order valence-corrected chi connectivity index (χ0v) is 24.9. The van der Waals surface area contributed by atoms with Gasteiger partial charge in [-0.15, -0.1) is 11.3 Å². The molecule has 0 radical (unpaired) electrons. The number of allylic oxidation sites excluding steroid dienone is 1. The Hall–Kier alpha value is -2.18. The van der Waals surface area contributed by atoms with Crippen LogP contribution < -0.4 is 10.2 Å². The number of benzene rings is 1. The van der Waals surface area contributed by atoms with Crippen LogP contribution in [-0.4, -0.2) is 42.4 Å². The summed E-state index contributed by atoms with van der Waals surface area (Å²) >= 11 is 1.75. The first-order valence-electron chi connectivity index (χ1n) is 13.6. The molecule has 2 N–H and O–H groups in total. The van der Waals surface area contributed by atoms with Crippen molar-refractivity contribution in [1.82, 2.24) is 10.3 Å². The molecule has 0 amide bonds. The van der Waals surface area contributed by atoms with E-state index in [1.165, 1.54) is 29.5 Å². The van der Waals surface area contributed by atoms with Gasteiger partial charge in [0.1, 0.15) is 6.67 Å². The van der Waals surface area contributed by atoms with Crippen LogP contribution in [0.3, 0.4) is 0 Å². The Balaban J connectivity index is 0.000000617. The largest absolute Gasteiger partial charge is 0.512 e. The fraction of sp³-hybridized carbons (Fsp3) is 0.581. The lowest BCUT2D eigenvalue weighted by atomic mass is 9.63. The van der Waals surface area contributed by atoms with Crippen molar-refractivity contribution >= 4 is 16.5 Å². The lowest BCUT2D eigenvalue weighted by molar-refractivity contribution is 0.332. The van der Waals surface area contributed by atoms with E-state index in [1.54, 1.807) is 18.3 Å². The van der Waals surface area contributed by atoms with Gasteiger partial charge >= 0.3 is 0 Å². The van der Waals surface area contributed by atoms with E-state index < -0.39 is 0 Å². The molecule has 1 aliphatic heterocycles. The Morgan fingerprint density at radius 2 is 1.68 bits per heavy atom. The number of anilines is 1. The van der Waals surface area contributed by atoms with Crippen molar-refractivity contribution in [2.24, 2.45) is 0 Å². The molecule has 2 aliphatic rings. The minimum atomic E-state index is -0.389. The van der Waals surface area contributed by atoms with Gasteiger partial charge in [0.2, 0.25) is 0 Å². The Morgan fingerprint density at radius 3 is 2.22 bits per heavy atom. The number of hydrogen-bond acceptors (Lipinski definition) is 5. The normalized spacial score (nSPS) is 18.0. The number of aliphatic hydroxyl groups excluding tert-OH is 1. The fourth-order valence-corrected chi connectivity index (χ4v) is 5.72. The Bertz CT molecular complexity index is 1030. The van der Waals surface area contributed by atoms with Gasteiger partial charge in [-0.2, -0.15) is 0 Å². The van der Waals surface area contributed by atoms with Crippen molar-refractivity contribution in [3.05, 3.63) is 59.2 Å². The van der Waals surface area contributed by atoms with Gasteiger partial charge in [0.25, 0.3) is 0 Å². The van der Waals surface area contributed by atoms with E-state index >= 15 is 0 Å². The van der Waals surface area contributed by atoms with E-state index in [-0.39, 0.29) is 23.3 Å². The number of aliphatic hydroxyl groups is 1. The summed E-state index contributed by atoms with van der Waals surface area (Å²) in [6.45, 7) is 24.1. The van der Waals surface area contributed by atoms with Crippen LogP contribution >= 0.6 is 11.3 Å². The Morgan fingerprint density at radius 1 is 1.11 bits per heavy atom. The summed E-state index contributed by atoms with van der Waals surface area (Å²) < 4.78 is 11.0. The molecule has 1 aromatic heterocycles. The van der Waals surface area contributed by atoms with E-state index in [0.29, 0.717) is 18.2 Å². The van der Waals surface area contributed by atoms with Crippen LogP contribution in [0.2, 0.25) is 0 Å². The van der Waals surface area contributed by atoms with Crippen LogP contribution in [0.1, 0.15) is 85.3 Å². The third kappa shape index (κ3) is 8.41. The zero-order chi connectivity index (χ0) is 27.8. The second-order valence-corrected chi connectivity index (χ2v) is 12.2. The van der Waals surface area contributed by atoms with Gasteiger partial charge in [0.15, 0.2) is 5.13 Å². The van der Waals surface area contributed by atoms with Crippen LogP contribution in [-0.2, 0) is 10.8 Å². The zero-order valence-electron chi connectivity index (χ0n) is 24.1. The number of hydrogen-bond donors (Lipinski definition) is 2. The van der Waals surface area contributed by atoms with Crippen molar-refractivity contribution in [1.29, 1.82) is 0 Å². The predicted molar refractivity (Wildman–Crippen MR) is 160 cm³/mol. The summed E-state index contributed by atoms with van der Waals surface area (Å²) in [5.74, 6) is 0.207. The number of fused-ring (bicyclic) bond motifs is 1.